The maximum absolute atomic E-state index is 14.6. The highest BCUT2D eigenvalue weighted by molar-refractivity contribution is 7.10. The number of hydrazine groups is 1. The van der Waals surface area contributed by atoms with Gasteiger partial charge in [0.15, 0.2) is 0 Å². The molecule has 3 aliphatic heterocycles. The highest BCUT2D eigenvalue weighted by Crippen LogP contribution is 2.52. The predicted octanol–water partition coefficient (Wildman–Crippen LogP) is 5.49. The molecular weight excluding hydrogens is 805 g/mol. The number of pyridine rings is 1. The molecule has 1 unspecified atom stereocenters. The number of hydrogen-bond donors (Lipinski definition) is 2. The van der Waals surface area contributed by atoms with E-state index in [1.54, 1.807) is 25.3 Å². The van der Waals surface area contributed by atoms with Crippen LogP contribution in [0.1, 0.15) is 76.8 Å². The number of fused-ring (bicyclic) bond motifs is 7. The van der Waals surface area contributed by atoms with E-state index in [0.29, 0.717) is 49.2 Å². The number of esters is 1. The van der Waals surface area contributed by atoms with Gasteiger partial charge in [-0.25, -0.2) is 10.4 Å². The van der Waals surface area contributed by atoms with Gasteiger partial charge in [0.25, 0.3) is 5.91 Å². The molecule has 14 nitrogen and oxygen atoms in total. The van der Waals surface area contributed by atoms with Crippen LogP contribution in [-0.2, 0) is 48.0 Å². The Balaban J connectivity index is 1.17. The number of carbonyl (C=O) groups excluding carboxylic acids is 4. The van der Waals surface area contributed by atoms with E-state index in [2.05, 4.69) is 72.3 Å². The molecule has 3 fully saturated rings. The van der Waals surface area contributed by atoms with Gasteiger partial charge in [-0.1, -0.05) is 33.8 Å². The molecule has 4 aromatic rings. The third-order valence-electron chi connectivity index (χ3n) is 13.5. The largest absolute Gasteiger partial charge is 0.464 e. The van der Waals surface area contributed by atoms with Gasteiger partial charge in [-0.2, -0.15) is 0 Å². The fourth-order valence-electron chi connectivity index (χ4n) is 10.2. The Morgan fingerprint density at radius 2 is 1.90 bits per heavy atom. The molecular formula is C47H62N8O6S. The van der Waals surface area contributed by atoms with Crippen LogP contribution in [0.25, 0.3) is 33.4 Å². The van der Waals surface area contributed by atoms with Crippen LogP contribution in [-0.4, -0.2) is 119 Å². The topological polar surface area (TPSA) is 151 Å². The summed E-state index contributed by atoms with van der Waals surface area (Å²) in [5.74, 6) is -0.853. The Hall–Kier alpha value is -4.70. The number of amides is 3. The number of aryl methyl sites for hydroxylation is 1. The number of thiazole rings is 1. The normalized spacial score (nSPS) is 24.9. The lowest BCUT2D eigenvalue weighted by Crippen LogP contribution is -2.62. The Labute approximate surface area is 368 Å². The zero-order chi connectivity index (χ0) is 44.2. The number of carbonyl (C=O) groups is 4. The maximum atomic E-state index is 14.6. The number of nitrogens with one attached hydrogen (secondary N) is 2. The molecule has 7 atom stereocenters. The number of cyclic esters (lactones) is 1. The molecule has 1 aromatic carbocycles. The number of rotatable bonds is 9. The van der Waals surface area contributed by atoms with Crippen molar-refractivity contribution in [1.82, 2.24) is 40.1 Å². The summed E-state index contributed by atoms with van der Waals surface area (Å²) < 4.78 is 14.3. The van der Waals surface area contributed by atoms with Crippen molar-refractivity contribution in [1.29, 1.82) is 0 Å². The van der Waals surface area contributed by atoms with Crippen LogP contribution < -0.4 is 10.7 Å². The number of hydrogen-bond acceptors (Lipinski definition) is 11. The number of aromatic nitrogens is 3. The number of ether oxygens (including phenoxy) is 2. The number of methoxy groups -OCH3 is 1. The second kappa shape index (κ2) is 17.5. The third kappa shape index (κ3) is 8.40. The van der Waals surface area contributed by atoms with E-state index in [1.807, 2.05) is 32.2 Å². The van der Waals surface area contributed by atoms with Gasteiger partial charge in [0, 0.05) is 91.7 Å². The number of nitrogens with zero attached hydrogens (tertiary/aromatic N) is 6. The van der Waals surface area contributed by atoms with Gasteiger partial charge in [0.1, 0.15) is 18.1 Å². The quantitative estimate of drug-likeness (QED) is 0.207. The first-order valence-electron chi connectivity index (χ1n) is 22.2. The molecule has 4 aliphatic rings. The number of benzene rings is 1. The van der Waals surface area contributed by atoms with Crippen molar-refractivity contribution >= 4 is 45.9 Å². The lowest BCUT2D eigenvalue weighted by Gasteiger charge is -2.36. The van der Waals surface area contributed by atoms with Gasteiger partial charge in [-0.3, -0.25) is 29.2 Å². The summed E-state index contributed by atoms with van der Waals surface area (Å²) in [6, 6.07) is 7.94. The van der Waals surface area contributed by atoms with Gasteiger partial charge in [-0.15, -0.1) is 11.3 Å². The van der Waals surface area contributed by atoms with Crippen LogP contribution >= 0.6 is 11.3 Å². The Bertz CT molecular complexity index is 2340. The van der Waals surface area contributed by atoms with Gasteiger partial charge in [-0.05, 0) is 87.7 Å². The van der Waals surface area contributed by atoms with E-state index in [0.717, 1.165) is 57.8 Å². The first-order chi connectivity index (χ1) is 29.6. The maximum Gasteiger partial charge on any atom is 0.324 e. The monoisotopic (exact) mass is 866 g/mol. The van der Waals surface area contributed by atoms with Crippen molar-refractivity contribution in [2.75, 3.05) is 47.4 Å². The molecule has 3 amide bonds. The predicted molar refractivity (Wildman–Crippen MR) is 239 cm³/mol. The SMILES string of the molecule is CCn1c(-c2cccnc2[C@H](C)OC)c2c3cc(ccc31)-c1csc(n1)C[C@H](NC(=O)[C@H](C(C)C)N(C)C(=O)C1[C@H]3CN(C)C[C@@H]13)C(=O)N1CCC[C@H](N1)C(=O)OCC(C)(C)C2. The molecule has 332 valence electrons. The molecule has 15 heteroatoms. The molecule has 3 aromatic heterocycles. The molecule has 6 heterocycles. The molecule has 1 aliphatic carbocycles. The molecule has 2 saturated heterocycles. The second-order valence-corrected chi connectivity index (χ2v) is 19.9. The fraction of sp³-hybridized carbons (Fsp3) is 0.574. The summed E-state index contributed by atoms with van der Waals surface area (Å²) in [5.41, 5.74) is 9.45. The number of likely N-dealkylation sites (tertiary alicyclic amines) is 1. The van der Waals surface area contributed by atoms with Gasteiger partial charge in [0.05, 0.1) is 34.8 Å². The minimum atomic E-state index is -1.02. The summed E-state index contributed by atoms with van der Waals surface area (Å²) in [5, 5.41) is 8.28. The highest BCUT2D eigenvalue weighted by Gasteiger charge is 2.60. The second-order valence-electron chi connectivity index (χ2n) is 19.0. The minimum Gasteiger partial charge on any atom is -0.464 e. The van der Waals surface area contributed by atoms with E-state index in [4.69, 9.17) is 19.4 Å². The fourth-order valence-corrected chi connectivity index (χ4v) is 11.1. The lowest BCUT2D eigenvalue weighted by molar-refractivity contribution is -0.155. The first-order valence-corrected chi connectivity index (χ1v) is 23.1. The van der Waals surface area contributed by atoms with Gasteiger partial charge < -0.3 is 29.2 Å². The zero-order valence-corrected chi connectivity index (χ0v) is 38.4. The van der Waals surface area contributed by atoms with Gasteiger partial charge in [0.2, 0.25) is 11.8 Å². The molecule has 6 bridgehead atoms. The Morgan fingerprint density at radius 3 is 2.61 bits per heavy atom. The van der Waals surface area contributed by atoms with E-state index in [9.17, 15) is 19.2 Å². The van der Waals surface area contributed by atoms with E-state index < -0.39 is 35.4 Å². The van der Waals surface area contributed by atoms with Crippen LogP contribution in [0.4, 0.5) is 0 Å². The summed E-state index contributed by atoms with van der Waals surface area (Å²) in [7, 11) is 5.48. The van der Waals surface area contributed by atoms with Gasteiger partial charge >= 0.3 is 5.97 Å². The molecule has 0 spiro atoms. The van der Waals surface area contributed by atoms with E-state index in [1.165, 1.54) is 16.3 Å². The average Bonchev–Trinajstić information content (AvgIpc) is 3.55. The Morgan fingerprint density at radius 1 is 1.15 bits per heavy atom. The van der Waals surface area contributed by atoms with Crippen molar-refractivity contribution < 1.29 is 28.7 Å². The standard InChI is InChI=1S/C47H62N8O6S/c1-10-54-37-16-15-28-19-30(37)31(42(54)29-13-11-17-48-40(29)27(4)60-9)21-47(5,6)25-61-46(59)34-14-12-18-55(51-34)44(57)35(20-38-49-36(28)24-62-38)50-43(56)41(26(2)3)53(8)45(58)39-32-22-52(7)23-33(32)39/h11,13,15-17,19,24,26-27,32-35,39,41,51H,10,12,14,18,20-23,25H2,1-9H3,(H,50,56)/t27-,32-,33+,34-,35-,39?,41-/m0/s1. The van der Waals surface area contributed by atoms with Crippen LogP contribution in [0, 0.1) is 29.1 Å². The van der Waals surface area contributed by atoms with Crippen LogP contribution in [0.2, 0.25) is 0 Å². The summed E-state index contributed by atoms with van der Waals surface area (Å²) in [6.07, 6.45) is 3.35. The van der Waals surface area contributed by atoms with Crippen molar-refractivity contribution in [2.24, 2.45) is 29.1 Å². The molecule has 1 saturated carbocycles. The first kappa shape index (κ1) is 43.9. The molecule has 0 radical (unpaired) electrons. The Kier molecular flexibility index (Phi) is 12.4. The smallest absolute Gasteiger partial charge is 0.324 e. The van der Waals surface area contributed by atoms with Crippen molar-refractivity contribution in [3.05, 3.63) is 58.2 Å². The lowest BCUT2D eigenvalue weighted by atomic mass is 9.84. The van der Waals surface area contributed by atoms with Crippen molar-refractivity contribution in [2.45, 2.75) is 98.0 Å². The average molecular weight is 867 g/mol. The minimum absolute atomic E-state index is 0.0169. The van der Waals surface area contributed by atoms with Crippen LogP contribution in [0.15, 0.2) is 41.9 Å². The van der Waals surface area contributed by atoms with Crippen molar-refractivity contribution in [3.63, 3.8) is 0 Å². The summed E-state index contributed by atoms with van der Waals surface area (Å²) in [6.45, 7) is 15.2. The number of piperidine rings is 1. The third-order valence-corrected chi connectivity index (χ3v) is 14.4. The molecule has 62 heavy (non-hydrogen) atoms. The molecule has 8 rings (SSSR count). The summed E-state index contributed by atoms with van der Waals surface area (Å²) >= 11 is 1.44. The zero-order valence-electron chi connectivity index (χ0n) is 37.6. The van der Waals surface area contributed by atoms with E-state index >= 15 is 0 Å². The summed E-state index contributed by atoms with van der Waals surface area (Å²) in [4.78, 5) is 70.4. The van der Waals surface area contributed by atoms with Crippen LogP contribution in [0.3, 0.4) is 0 Å². The molecule has 2 N–H and O–H groups in total. The van der Waals surface area contributed by atoms with Crippen molar-refractivity contribution in [3.8, 4) is 22.5 Å². The highest BCUT2D eigenvalue weighted by atomic mass is 32.1. The van der Waals surface area contributed by atoms with Crippen LogP contribution in [0.5, 0.6) is 0 Å². The van der Waals surface area contributed by atoms with E-state index in [-0.39, 0.29) is 42.8 Å². The number of likely N-dealkylation sites (N-methyl/N-ethyl adjacent to an activating group) is 1.